The lowest BCUT2D eigenvalue weighted by Gasteiger charge is -2.05. The van der Waals surface area contributed by atoms with E-state index in [9.17, 15) is 4.79 Å². The average Bonchev–Trinajstić information content (AvgIpc) is 2.71. The van der Waals surface area contributed by atoms with Gasteiger partial charge in [0.2, 0.25) is 0 Å². The second-order valence-corrected chi connectivity index (χ2v) is 3.76. The zero-order chi connectivity index (χ0) is 11.7. The van der Waals surface area contributed by atoms with Gasteiger partial charge < -0.3 is 10.7 Å². The minimum atomic E-state index is -0.496. The molecule has 0 atom stereocenters. The largest absolute Gasteiger partial charge is 0.364 e. The van der Waals surface area contributed by atoms with Gasteiger partial charge in [-0.05, 0) is 25.0 Å². The van der Waals surface area contributed by atoms with Crippen LogP contribution < -0.4 is 5.73 Å². The molecule has 0 radical (unpaired) electrons. The summed E-state index contributed by atoms with van der Waals surface area (Å²) in [5.74, 6) is 0.180. The highest BCUT2D eigenvalue weighted by Crippen LogP contribution is 2.22. The first-order valence-electron chi connectivity index (χ1n) is 5.01. The van der Waals surface area contributed by atoms with Crippen molar-refractivity contribution in [3.63, 3.8) is 0 Å². The number of imidazole rings is 1. The number of carbonyl (C=O) groups excluding carboxylic acids is 1. The number of aromatic nitrogens is 2. The van der Waals surface area contributed by atoms with Crippen molar-refractivity contribution in [3.8, 4) is 11.4 Å². The zero-order valence-electron chi connectivity index (χ0n) is 9.24. The highest BCUT2D eigenvalue weighted by molar-refractivity contribution is 5.91. The van der Waals surface area contributed by atoms with E-state index in [1.807, 2.05) is 32.0 Å². The zero-order valence-corrected chi connectivity index (χ0v) is 9.24. The number of hydrogen-bond acceptors (Lipinski definition) is 2. The Morgan fingerprint density at radius 1 is 1.38 bits per heavy atom. The van der Waals surface area contributed by atoms with Gasteiger partial charge in [0.1, 0.15) is 11.5 Å². The summed E-state index contributed by atoms with van der Waals surface area (Å²) in [5, 5.41) is 0. The molecule has 1 heterocycles. The molecular formula is C12H13N3O. The number of rotatable bonds is 2. The third-order valence-corrected chi connectivity index (χ3v) is 2.70. The number of H-pyrrole nitrogens is 1. The van der Waals surface area contributed by atoms with E-state index in [2.05, 4.69) is 9.97 Å². The number of hydrogen-bond donors (Lipinski definition) is 2. The predicted octanol–water partition coefficient (Wildman–Crippen LogP) is 1.79. The molecule has 0 aliphatic heterocycles. The molecule has 0 bridgehead atoms. The number of nitrogens with zero attached hydrogens (tertiary/aromatic N) is 1. The number of carbonyl (C=O) groups is 1. The van der Waals surface area contributed by atoms with E-state index >= 15 is 0 Å². The molecule has 0 aliphatic carbocycles. The van der Waals surface area contributed by atoms with Crippen LogP contribution in [0, 0.1) is 13.8 Å². The van der Waals surface area contributed by atoms with E-state index < -0.39 is 5.91 Å². The van der Waals surface area contributed by atoms with Crippen LogP contribution in [0.3, 0.4) is 0 Å². The van der Waals surface area contributed by atoms with Gasteiger partial charge in [-0.25, -0.2) is 4.98 Å². The van der Waals surface area contributed by atoms with Crippen LogP contribution in [-0.4, -0.2) is 15.9 Å². The van der Waals surface area contributed by atoms with E-state index in [1.54, 1.807) is 0 Å². The molecule has 0 fully saturated rings. The maximum absolute atomic E-state index is 10.9. The fourth-order valence-corrected chi connectivity index (χ4v) is 1.59. The minimum absolute atomic E-state index is 0.330. The fourth-order valence-electron chi connectivity index (χ4n) is 1.59. The van der Waals surface area contributed by atoms with Crippen LogP contribution >= 0.6 is 0 Å². The molecular weight excluding hydrogens is 202 g/mol. The van der Waals surface area contributed by atoms with Crippen molar-refractivity contribution in [1.29, 1.82) is 0 Å². The summed E-state index contributed by atoms with van der Waals surface area (Å²) < 4.78 is 0. The van der Waals surface area contributed by atoms with Crippen LogP contribution in [0.25, 0.3) is 11.4 Å². The molecule has 2 aromatic rings. The van der Waals surface area contributed by atoms with E-state index in [0.717, 1.165) is 11.1 Å². The van der Waals surface area contributed by atoms with Gasteiger partial charge in [-0.3, -0.25) is 4.79 Å². The molecule has 3 N–H and O–H groups in total. The Morgan fingerprint density at radius 2 is 2.12 bits per heavy atom. The van der Waals surface area contributed by atoms with Crippen LogP contribution in [0.5, 0.6) is 0 Å². The molecule has 4 nitrogen and oxygen atoms in total. The number of nitrogens with one attached hydrogen (secondary N) is 1. The third kappa shape index (κ3) is 1.69. The number of aryl methyl sites for hydroxylation is 1. The number of primary amides is 1. The van der Waals surface area contributed by atoms with Gasteiger partial charge in [0.25, 0.3) is 5.91 Å². The lowest BCUT2D eigenvalue weighted by molar-refractivity contribution is 0.0996. The Hall–Kier alpha value is -2.10. The van der Waals surface area contributed by atoms with E-state index in [-0.39, 0.29) is 0 Å². The average molecular weight is 215 g/mol. The van der Waals surface area contributed by atoms with Crippen molar-refractivity contribution in [2.45, 2.75) is 13.8 Å². The Morgan fingerprint density at radius 3 is 2.75 bits per heavy atom. The van der Waals surface area contributed by atoms with Crippen LogP contribution in [-0.2, 0) is 0 Å². The second-order valence-electron chi connectivity index (χ2n) is 3.76. The first kappa shape index (κ1) is 10.4. The molecule has 0 saturated carbocycles. The first-order chi connectivity index (χ1) is 7.59. The van der Waals surface area contributed by atoms with E-state index in [1.165, 1.54) is 11.8 Å². The molecule has 16 heavy (non-hydrogen) atoms. The summed E-state index contributed by atoms with van der Waals surface area (Å²) >= 11 is 0. The van der Waals surface area contributed by atoms with Gasteiger partial charge in [0.15, 0.2) is 0 Å². The molecule has 1 aromatic heterocycles. The van der Waals surface area contributed by atoms with Gasteiger partial charge in [-0.1, -0.05) is 18.2 Å². The van der Waals surface area contributed by atoms with E-state index in [0.29, 0.717) is 11.5 Å². The second kappa shape index (κ2) is 3.81. The lowest BCUT2D eigenvalue weighted by atomic mass is 10.0. The third-order valence-electron chi connectivity index (χ3n) is 2.70. The highest BCUT2D eigenvalue weighted by atomic mass is 16.1. The SMILES string of the molecule is Cc1cccc(-c2ncc(C(N)=O)[nH]2)c1C. The summed E-state index contributed by atoms with van der Waals surface area (Å²) in [6.07, 6.45) is 1.46. The summed E-state index contributed by atoms with van der Waals surface area (Å²) in [4.78, 5) is 18.0. The molecule has 0 unspecified atom stereocenters. The molecule has 82 valence electrons. The monoisotopic (exact) mass is 215 g/mol. The molecule has 0 aliphatic rings. The number of nitrogens with two attached hydrogens (primary N) is 1. The summed E-state index contributed by atoms with van der Waals surface area (Å²) in [5.41, 5.74) is 8.82. The molecule has 0 spiro atoms. The normalized spacial score (nSPS) is 10.4. The van der Waals surface area contributed by atoms with Gasteiger partial charge >= 0.3 is 0 Å². The summed E-state index contributed by atoms with van der Waals surface area (Å²) in [7, 11) is 0. The molecule has 2 rings (SSSR count). The maximum atomic E-state index is 10.9. The van der Waals surface area contributed by atoms with Crippen molar-refractivity contribution < 1.29 is 4.79 Å². The Kier molecular flexibility index (Phi) is 2.48. The van der Waals surface area contributed by atoms with Crippen molar-refractivity contribution in [2.24, 2.45) is 5.73 Å². The predicted molar refractivity (Wildman–Crippen MR) is 62.0 cm³/mol. The van der Waals surface area contributed by atoms with Crippen LogP contribution in [0.2, 0.25) is 0 Å². The van der Waals surface area contributed by atoms with Crippen molar-refractivity contribution >= 4 is 5.91 Å². The topological polar surface area (TPSA) is 71.8 Å². The van der Waals surface area contributed by atoms with E-state index in [4.69, 9.17) is 5.73 Å². The van der Waals surface area contributed by atoms with Gasteiger partial charge in [-0.2, -0.15) is 0 Å². The Labute approximate surface area is 93.5 Å². The van der Waals surface area contributed by atoms with Crippen LogP contribution in [0.1, 0.15) is 21.6 Å². The molecule has 1 amide bonds. The smallest absolute Gasteiger partial charge is 0.266 e. The lowest BCUT2D eigenvalue weighted by Crippen LogP contribution is -2.11. The molecule has 1 aromatic carbocycles. The highest BCUT2D eigenvalue weighted by Gasteiger charge is 2.09. The number of aromatic amines is 1. The molecule has 4 heteroatoms. The number of amides is 1. The standard InChI is InChI=1S/C12H13N3O/c1-7-4-3-5-9(8(7)2)12-14-6-10(15-12)11(13)16/h3-6H,1-2H3,(H2,13,16)(H,14,15). The Bertz CT molecular complexity index is 543. The van der Waals surface area contributed by atoms with Crippen LogP contribution in [0.15, 0.2) is 24.4 Å². The summed E-state index contributed by atoms with van der Waals surface area (Å²) in [6, 6.07) is 5.97. The molecule has 0 saturated heterocycles. The minimum Gasteiger partial charge on any atom is -0.364 e. The van der Waals surface area contributed by atoms with Crippen molar-refractivity contribution in [1.82, 2.24) is 9.97 Å². The van der Waals surface area contributed by atoms with Gasteiger partial charge in [-0.15, -0.1) is 0 Å². The summed E-state index contributed by atoms with van der Waals surface area (Å²) in [6.45, 7) is 4.06. The van der Waals surface area contributed by atoms with Gasteiger partial charge in [0.05, 0.1) is 6.20 Å². The fraction of sp³-hybridized carbons (Fsp3) is 0.167. The first-order valence-corrected chi connectivity index (χ1v) is 5.01. The number of benzene rings is 1. The van der Waals surface area contributed by atoms with Crippen molar-refractivity contribution in [2.75, 3.05) is 0 Å². The van der Waals surface area contributed by atoms with Gasteiger partial charge in [0, 0.05) is 5.56 Å². The van der Waals surface area contributed by atoms with Crippen molar-refractivity contribution in [3.05, 3.63) is 41.2 Å². The quantitative estimate of drug-likeness (QED) is 0.801. The van der Waals surface area contributed by atoms with Crippen LogP contribution in [0.4, 0.5) is 0 Å². The maximum Gasteiger partial charge on any atom is 0.266 e. The Balaban J connectivity index is 2.50.